The van der Waals surface area contributed by atoms with Crippen LogP contribution in [-0.4, -0.2) is 55.6 Å². The van der Waals surface area contributed by atoms with Crippen LogP contribution in [0.25, 0.3) is 22.2 Å². The van der Waals surface area contributed by atoms with Gasteiger partial charge in [-0.25, -0.2) is 13.1 Å². The summed E-state index contributed by atoms with van der Waals surface area (Å²) in [4.78, 5) is 15.2. The predicted octanol–water partition coefficient (Wildman–Crippen LogP) is 3.93. The summed E-state index contributed by atoms with van der Waals surface area (Å²) in [5, 5.41) is 1.00. The van der Waals surface area contributed by atoms with Gasteiger partial charge in [-0.2, -0.15) is 0 Å². The van der Waals surface area contributed by atoms with Gasteiger partial charge in [0, 0.05) is 42.1 Å². The van der Waals surface area contributed by atoms with E-state index in [2.05, 4.69) is 10.8 Å². The van der Waals surface area contributed by atoms with Crippen LogP contribution in [0.2, 0.25) is 0 Å². The van der Waals surface area contributed by atoms with Crippen LogP contribution in [0.4, 0.5) is 0 Å². The Balaban J connectivity index is 1.27. The van der Waals surface area contributed by atoms with E-state index in [4.69, 9.17) is 4.74 Å². The second-order valence-electron chi connectivity index (χ2n) is 9.80. The lowest BCUT2D eigenvalue weighted by atomic mass is 9.85. The first-order valence-corrected chi connectivity index (χ1v) is 13.9. The van der Waals surface area contributed by atoms with E-state index < -0.39 is 10.0 Å². The van der Waals surface area contributed by atoms with Crippen LogP contribution >= 0.6 is 0 Å². The van der Waals surface area contributed by atoms with Gasteiger partial charge in [0.1, 0.15) is 0 Å². The van der Waals surface area contributed by atoms with Gasteiger partial charge >= 0.3 is 0 Å². The Kier molecular flexibility index (Phi) is 6.70. The number of sulfonamides is 1. The summed E-state index contributed by atoms with van der Waals surface area (Å²) >= 11 is 0. The van der Waals surface area contributed by atoms with Gasteiger partial charge in [-0.1, -0.05) is 36.4 Å². The normalized spacial score (nSPS) is 23.5. The number of aromatic nitrogens is 1. The zero-order valence-electron chi connectivity index (χ0n) is 20.3. The average molecular weight is 496 g/mol. The van der Waals surface area contributed by atoms with Gasteiger partial charge in [-0.15, -0.1) is 0 Å². The lowest BCUT2D eigenvalue weighted by molar-refractivity contribution is -0.144. The minimum absolute atomic E-state index is 0.0348. The smallest absolute Gasteiger partial charge is 0.240 e. The van der Waals surface area contributed by atoms with Gasteiger partial charge < -0.3 is 14.2 Å². The molecule has 1 aromatic heterocycles. The first-order chi connectivity index (χ1) is 16.8. The quantitative estimate of drug-likeness (QED) is 0.582. The number of carbonyl (C=O) groups is 1. The molecule has 1 saturated heterocycles. The minimum atomic E-state index is -3.67. The molecule has 0 bridgehead atoms. The monoisotopic (exact) mass is 495 g/mol. The molecule has 2 fully saturated rings. The van der Waals surface area contributed by atoms with Crippen LogP contribution in [0.3, 0.4) is 0 Å². The van der Waals surface area contributed by atoms with Gasteiger partial charge in [0.15, 0.2) is 0 Å². The number of hydrogen-bond acceptors (Lipinski definition) is 4. The van der Waals surface area contributed by atoms with Crippen molar-refractivity contribution in [1.29, 1.82) is 0 Å². The number of nitrogens with one attached hydrogen (secondary N) is 1. The van der Waals surface area contributed by atoms with Crippen LogP contribution in [0.15, 0.2) is 59.5 Å². The molecule has 1 atom stereocenters. The van der Waals surface area contributed by atoms with E-state index in [1.807, 2.05) is 59.8 Å². The van der Waals surface area contributed by atoms with Crippen molar-refractivity contribution in [2.24, 2.45) is 13.0 Å². The highest BCUT2D eigenvalue weighted by atomic mass is 32.2. The average Bonchev–Trinajstić information content (AvgIpc) is 3.20. The second kappa shape index (κ2) is 9.76. The standard InChI is InChI=1S/C27H33N3O4S/c1-19-18-34-15-14-30(19)27(31)21-8-11-23(12-9-21)28-35(32,33)24-13-10-22-16-25(29(2)26(22)17-24)20-6-4-3-5-7-20/h3-7,10,13,16-17,19,21,23,28H,8-9,11-12,14-15,18H2,1-2H3/t19-,21-,23-/m0/s1. The number of nitrogens with zero attached hydrogens (tertiary/aromatic N) is 2. The number of carbonyl (C=O) groups excluding carboxylic acids is 1. The van der Waals surface area contributed by atoms with Crippen molar-refractivity contribution in [2.45, 2.75) is 49.6 Å². The summed E-state index contributed by atoms with van der Waals surface area (Å²) < 4.78 is 36.8. The van der Waals surface area contributed by atoms with Crippen LogP contribution in [0, 0.1) is 5.92 Å². The summed E-state index contributed by atoms with van der Waals surface area (Å²) in [5.74, 6) is 0.151. The summed E-state index contributed by atoms with van der Waals surface area (Å²) in [7, 11) is -1.71. The van der Waals surface area contributed by atoms with Crippen molar-refractivity contribution >= 4 is 26.8 Å². The molecule has 186 valence electrons. The number of fused-ring (bicyclic) bond motifs is 1. The number of benzene rings is 2. The molecule has 1 aliphatic heterocycles. The van der Waals surface area contributed by atoms with E-state index in [0.717, 1.165) is 22.2 Å². The minimum Gasteiger partial charge on any atom is -0.377 e. The van der Waals surface area contributed by atoms with Crippen molar-refractivity contribution in [2.75, 3.05) is 19.8 Å². The molecule has 1 saturated carbocycles. The maximum atomic E-state index is 13.2. The van der Waals surface area contributed by atoms with Gasteiger partial charge in [0.25, 0.3) is 0 Å². The highest BCUT2D eigenvalue weighted by Gasteiger charge is 2.34. The van der Waals surface area contributed by atoms with Gasteiger partial charge in [0.2, 0.25) is 15.9 Å². The Morgan fingerprint density at radius 3 is 2.49 bits per heavy atom. The zero-order valence-corrected chi connectivity index (χ0v) is 21.1. The summed E-state index contributed by atoms with van der Waals surface area (Å²) in [6, 6.07) is 17.4. The fraction of sp³-hybridized carbons (Fsp3) is 0.444. The Morgan fingerprint density at radius 2 is 1.77 bits per heavy atom. The van der Waals surface area contributed by atoms with E-state index in [0.29, 0.717) is 45.4 Å². The molecule has 1 N–H and O–H groups in total. The Bertz CT molecular complexity index is 1310. The lowest BCUT2D eigenvalue weighted by Gasteiger charge is -2.37. The van der Waals surface area contributed by atoms with Crippen molar-refractivity contribution in [3.63, 3.8) is 0 Å². The van der Waals surface area contributed by atoms with Crippen LogP contribution in [0.1, 0.15) is 32.6 Å². The van der Waals surface area contributed by atoms with Crippen LogP contribution < -0.4 is 4.72 Å². The fourth-order valence-corrected chi connectivity index (χ4v) is 6.72. The molecule has 3 aromatic rings. The van der Waals surface area contributed by atoms with Crippen LogP contribution in [0.5, 0.6) is 0 Å². The number of morpholine rings is 1. The summed E-state index contributed by atoms with van der Waals surface area (Å²) in [5.41, 5.74) is 3.01. The summed E-state index contributed by atoms with van der Waals surface area (Å²) in [6.45, 7) is 3.83. The molecule has 2 heterocycles. The van der Waals surface area contributed by atoms with Crippen molar-refractivity contribution in [3.05, 3.63) is 54.6 Å². The maximum absolute atomic E-state index is 13.2. The molecule has 2 aliphatic rings. The molecule has 35 heavy (non-hydrogen) atoms. The highest BCUT2D eigenvalue weighted by Crippen LogP contribution is 2.31. The first kappa shape index (κ1) is 24.0. The zero-order chi connectivity index (χ0) is 24.6. The molecular formula is C27H33N3O4S. The summed E-state index contributed by atoms with van der Waals surface area (Å²) in [6.07, 6.45) is 2.73. The van der Waals surface area contributed by atoms with Gasteiger partial charge in [-0.3, -0.25) is 4.79 Å². The second-order valence-corrected chi connectivity index (χ2v) is 11.5. The number of aryl methyl sites for hydroxylation is 1. The topological polar surface area (TPSA) is 80.6 Å². The SMILES string of the molecule is C[C@H]1COCCN1C(=O)[C@H]1CC[C@H](NS(=O)(=O)c2ccc3cc(-c4ccccc4)n(C)c3c2)CC1. The van der Waals surface area contributed by atoms with Crippen LogP contribution in [-0.2, 0) is 26.6 Å². The third kappa shape index (κ3) is 4.87. The van der Waals surface area contributed by atoms with E-state index in [1.165, 1.54) is 0 Å². The molecule has 0 unspecified atom stereocenters. The number of ether oxygens (including phenoxy) is 1. The highest BCUT2D eigenvalue weighted by molar-refractivity contribution is 7.89. The van der Waals surface area contributed by atoms with E-state index in [9.17, 15) is 13.2 Å². The third-order valence-corrected chi connectivity index (χ3v) is 8.96. The van der Waals surface area contributed by atoms with Crippen molar-refractivity contribution in [1.82, 2.24) is 14.2 Å². The van der Waals surface area contributed by atoms with E-state index in [1.54, 1.807) is 12.1 Å². The fourth-order valence-electron chi connectivity index (χ4n) is 5.40. The molecular weight excluding hydrogens is 462 g/mol. The van der Waals surface area contributed by atoms with Gasteiger partial charge in [0.05, 0.1) is 24.2 Å². The third-order valence-electron chi connectivity index (χ3n) is 7.45. The predicted molar refractivity (Wildman–Crippen MR) is 136 cm³/mol. The number of hydrogen-bond donors (Lipinski definition) is 1. The van der Waals surface area contributed by atoms with Crippen molar-refractivity contribution in [3.8, 4) is 11.3 Å². The molecule has 7 nitrogen and oxygen atoms in total. The molecule has 0 spiro atoms. The van der Waals surface area contributed by atoms with E-state index >= 15 is 0 Å². The Morgan fingerprint density at radius 1 is 1.03 bits per heavy atom. The van der Waals surface area contributed by atoms with Crippen molar-refractivity contribution < 1.29 is 17.9 Å². The first-order valence-electron chi connectivity index (χ1n) is 12.4. The molecule has 8 heteroatoms. The Labute approximate surface area is 207 Å². The van der Waals surface area contributed by atoms with Gasteiger partial charge in [-0.05, 0) is 56.4 Å². The molecule has 1 amide bonds. The molecule has 5 rings (SSSR count). The lowest BCUT2D eigenvalue weighted by Crippen LogP contribution is -2.50. The molecule has 0 radical (unpaired) electrons. The largest absolute Gasteiger partial charge is 0.377 e. The maximum Gasteiger partial charge on any atom is 0.240 e. The Hall–Kier alpha value is -2.68. The number of amides is 1. The molecule has 1 aliphatic carbocycles. The van der Waals surface area contributed by atoms with E-state index in [-0.39, 0.29) is 28.8 Å². The number of rotatable bonds is 5. The molecule has 2 aromatic carbocycles.